The zero-order chi connectivity index (χ0) is 11.4. The fourth-order valence-corrected chi connectivity index (χ4v) is 1.02. The smallest absolute Gasteiger partial charge is 0.312 e. The van der Waals surface area contributed by atoms with Crippen LogP contribution in [0.5, 0.6) is 0 Å². The predicted molar refractivity (Wildman–Crippen MR) is 53.6 cm³/mol. The fraction of sp³-hybridized carbons (Fsp3) is 0.444. The maximum absolute atomic E-state index is 11.1. The van der Waals surface area contributed by atoms with E-state index in [4.69, 9.17) is 5.11 Å². The van der Waals surface area contributed by atoms with Gasteiger partial charge in [-0.1, -0.05) is 13.8 Å². The first-order valence-electron chi connectivity index (χ1n) is 4.56. The molecular formula is C9H13N3O3. The second-order valence-electron chi connectivity index (χ2n) is 3.48. The minimum atomic E-state index is -1.16. The molecule has 6 nitrogen and oxygen atoms in total. The number of nitrogens with zero attached hydrogens (tertiary/aromatic N) is 1. The summed E-state index contributed by atoms with van der Waals surface area (Å²) in [7, 11) is 0. The molecule has 0 atom stereocenters. The van der Waals surface area contributed by atoms with E-state index >= 15 is 0 Å². The van der Waals surface area contributed by atoms with E-state index in [0.29, 0.717) is 5.82 Å². The van der Waals surface area contributed by atoms with Gasteiger partial charge in [-0.2, -0.15) is 5.10 Å². The summed E-state index contributed by atoms with van der Waals surface area (Å²) >= 11 is 0. The van der Waals surface area contributed by atoms with Crippen molar-refractivity contribution in [3.8, 4) is 0 Å². The number of hydrogen-bond donors (Lipinski definition) is 3. The van der Waals surface area contributed by atoms with Gasteiger partial charge >= 0.3 is 5.97 Å². The number of hydrogen-bond acceptors (Lipinski definition) is 3. The Hall–Kier alpha value is -1.85. The van der Waals surface area contributed by atoms with Gasteiger partial charge in [-0.25, -0.2) is 0 Å². The highest BCUT2D eigenvalue weighted by Crippen LogP contribution is 2.14. The number of carbonyl (C=O) groups excluding carboxylic acids is 1. The lowest BCUT2D eigenvalue weighted by atomic mass is 10.1. The van der Waals surface area contributed by atoms with Gasteiger partial charge in [-0.05, 0) is 5.92 Å². The van der Waals surface area contributed by atoms with Crippen LogP contribution in [-0.2, 0) is 9.59 Å². The number of H-pyrrole nitrogens is 1. The molecule has 1 rings (SSSR count). The van der Waals surface area contributed by atoms with Crippen molar-refractivity contribution in [2.24, 2.45) is 0 Å². The standard InChI is InChI=1S/C9H13N3O3/c1-5(2)6-3-7(12-11-6)10-8(13)4-9(14)15/h3,5H,4H2,1-2H3,(H,14,15)(H2,10,11,12,13). The summed E-state index contributed by atoms with van der Waals surface area (Å²) < 4.78 is 0. The molecule has 0 fully saturated rings. The molecule has 0 aliphatic heterocycles. The van der Waals surface area contributed by atoms with Crippen molar-refractivity contribution in [2.45, 2.75) is 26.2 Å². The molecule has 0 radical (unpaired) electrons. The molecule has 0 spiro atoms. The molecule has 6 heteroatoms. The van der Waals surface area contributed by atoms with Crippen molar-refractivity contribution in [3.05, 3.63) is 11.8 Å². The van der Waals surface area contributed by atoms with Gasteiger partial charge in [0.1, 0.15) is 6.42 Å². The van der Waals surface area contributed by atoms with Crippen LogP contribution in [-0.4, -0.2) is 27.2 Å². The van der Waals surface area contributed by atoms with E-state index in [2.05, 4.69) is 15.5 Å². The minimum Gasteiger partial charge on any atom is -0.481 e. The number of anilines is 1. The van der Waals surface area contributed by atoms with Gasteiger partial charge in [0.25, 0.3) is 0 Å². The van der Waals surface area contributed by atoms with Crippen LogP contribution in [0.3, 0.4) is 0 Å². The van der Waals surface area contributed by atoms with Crippen molar-refractivity contribution in [2.75, 3.05) is 5.32 Å². The van der Waals surface area contributed by atoms with Crippen molar-refractivity contribution >= 4 is 17.7 Å². The van der Waals surface area contributed by atoms with Crippen LogP contribution >= 0.6 is 0 Å². The fourth-order valence-electron chi connectivity index (χ4n) is 1.02. The van der Waals surface area contributed by atoms with Crippen LogP contribution in [0, 0.1) is 0 Å². The summed E-state index contributed by atoms with van der Waals surface area (Å²) in [6, 6.07) is 1.68. The Morgan fingerprint density at radius 1 is 1.60 bits per heavy atom. The minimum absolute atomic E-state index is 0.280. The Balaban J connectivity index is 2.57. The summed E-state index contributed by atoms with van der Waals surface area (Å²) in [5, 5.41) is 17.3. The Morgan fingerprint density at radius 2 is 2.27 bits per heavy atom. The summed E-state index contributed by atoms with van der Waals surface area (Å²) in [4.78, 5) is 21.3. The van der Waals surface area contributed by atoms with Gasteiger partial charge in [0.2, 0.25) is 5.91 Å². The highest BCUT2D eigenvalue weighted by Gasteiger charge is 2.10. The van der Waals surface area contributed by atoms with Crippen molar-refractivity contribution in [1.29, 1.82) is 0 Å². The van der Waals surface area contributed by atoms with Gasteiger partial charge in [0, 0.05) is 11.8 Å². The molecule has 0 saturated carbocycles. The number of aliphatic carboxylic acids is 1. The average molecular weight is 211 g/mol. The van der Waals surface area contributed by atoms with Gasteiger partial charge in [-0.15, -0.1) is 0 Å². The molecule has 1 heterocycles. The van der Waals surface area contributed by atoms with E-state index in [0.717, 1.165) is 5.69 Å². The molecule has 0 bridgehead atoms. The molecule has 0 aromatic carbocycles. The first-order valence-corrected chi connectivity index (χ1v) is 4.56. The Morgan fingerprint density at radius 3 is 2.73 bits per heavy atom. The molecule has 0 aliphatic rings. The number of carboxylic acid groups (broad SMARTS) is 1. The molecule has 1 aromatic rings. The molecule has 0 aliphatic carbocycles. The lowest BCUT2D eigenvalue weighted by Crippen LogP contribution is -2.16. The van der Waals surface area contributed by atoms with Crippen LogP contribution in [0.4, 0.5) is 5.82 Å². The van der Waals surface area contributed by atoms with Gasteiger partial charge in [0.15, 0.2) is 5.82 Å². The zero-order valence-corrected chi connectivity index (χ0v) is 8.57. The summed E-state index contributed by atoms with van der Waals surface area (Å²) in [6.45, 7) is 3.97. The number of aromatic amines is 1. The molecule has 3 N–H and O–H groups in total. The SMILES string of the molecule is CC(C)c1cc(NC(=O)CC(=O)O)n[nH]1. The normalized spacial score (nSPS) is 10.3. The molecule has 1 aromatic heterocycles. The molecule has 0 saturated heterocycles. The number of rotatable bonds is 4. The molecular weight excluding hydrogens is 198 g/mol. The van der Waals surface area contributed by atoms with Crippen LogP contribution in [0.2, 0.25) is 0 Å². The lowest BCUT2D eigenvalue weighted by molar-refractivity contribution is -0.139. The van der Waals surface area contributed by atoms with E-state index in [1.54, 1.807) is 6.07 Å². The van der Waals surface area contributed by atoms with Gasteiger partial charge in [0.05, 0.1) is 0 Å². The third kappa shape index (κ3) is 3.41. The number of amides is 1. The first-order chi connectivity index (χ1) is 6.99. The quantitative estimate of drug-likeness (QED) is 0.646. The average Bonchev–Trinajstić information content (AvgIpc) is 2.50. The first kappa shape index (κ1) is 11.2. The summed E-state index contributed by atoms with van der Waals surface area (Å²) in [5.41, 5.74) is 0.889. The van der Waals surface area contributed by atoms with E-state index in [9.17, 15) is 9.59 Å². The molecule has 82 valence electrons. The van der Waals surface area contributed by atoms with Crippen LogP contribution in [0.25, 0.3) is 0 Å². The second kappa shape index (κ2) is 4.59. The highest BCUT2D eigenvalue weighted by molar-refractivity contribution is 6.00. The van der Waals surface area contributed by atoms with E-state index in [1.807, 2.05) is 13.8 Å². The zero-order valence-electron chi connectivity index (χ0n) is 8.57. The largest absolute Gasteiger partial charge is 0.481 e. The topological polar surface area (TPSA) is 95.1 Å². The number of carboxylic acids is 1. The Kier molecular flexibility index (Phi) is 3.43. The Labute approximate surface area is 86.7 Å². The monoisotopic (exact) mass is 211 g/mol. The summed E-state index contributed by atoms with van der Waals surface area (Å²) in [6.07, 6.45) is -0.552. The van der Waals surface area contributed by atoms with Crippen molar-refractivity contribution in [3.63, 3.8) is 0 Å². The number of nitrogens with one attached hydrogen (secondary N) is 2. The number of aromatic nitrogens is 2. The van der Waals surface area contributed by atoms with Crippen LogP contribution in [0.15, 0.2) is 6.07 Å². The van der Waals surface area contributed by atoms with Gasteiger partial charge < -0.3 is 10.4 Å². The highest BCUT2D eigenvalue weighted by atomic mass is 16.4. The molecule has 0 unspecified atom stereocenters. The molecule has 15 heavy (non-hydrogen) atoms. The van der Waals surface area contributed by atoms with Crippen molar-refractivity contribution in [1.82, 2.24) is 10.2 Å². The third-order valence-electron chi connectivity index (χ3n) is 1.80. The van der Waals surface area contributed by atoms with Gasteiger partial charge in [-0.3, -0.25) is 14.7 Å². The lowest BCUT2D eigenvalue weighted by Gasteiger charge is -1.98. The van der Waals surface area contributed by atoms with Crippen molar-refractivity contribution < 1.29 is 14.7 Å². The van der Waals surface area contributed by atoms with Crippen LogP contribution in [0.1, 0.15) is 31.9 Å². The predicted octanol–water partition coefficient (Wildman–Crippen LogP) is 0.946. The van der Waals surface area contributed by atoms with E-state index in [1.165, 1.54) is 0 Å². The third-order valence-corrected chi connectivity index (χ3v) is 1.80. The number of carbonyl (C=O) groups is 2. The molecule has 1 amide bonds. The second-order valence-corrected chi connectivity index (χ2v) is 3.48. The Bertz CT molecular complexity index is 370. The maximum Gasteiger partial charge on any atom is 0.312 e. The van der Waals surface area contributed by atoms with E-state index < -0.39 is 18.3 Å². The van der Waals surface area contributed by atoms with E-state index in [-0.39, 0.29) is 5.92 Å². The maximum atomic E-state index is 11.1. The van der Waals surface area contributed by atoms with Crippen LogP contribution < -0.4 is 5.32 Å². The summed E-state index contributed by atoms with van der Waals surface area (Å²) in [5.74, 6) is -1.11.